The normalized spacial score (nSPS) is 10.7. The van der Waals surface area contributed by atoms with Gasteiger partial charge in [-0.25, -0.2) is 4.79 Å². The van der Waals surface area contributed by atoms with E-state index >= 15 is 0 Å². The minimum Gasteiger partial charge on any atom is -0.416 e. The molecule has 0 aliphatic carbocycles. The first-order valence-electron chi connectivity index (χ1n) is 8.56. The molecule has 1 amide bonds. The maximum atomic E-state index is 12.5. The molecule has 0 aromatic carbocycles. The third kappa shape index (κ3) is 5.08. The number of aromatic nitrogens is 5. The molecule has 0 radical (unpaired) electrons. The highest BCUT2D eigenvalue weighted by atomic mass is 32.2. The van der Waals surface area contributed by atoms with Crippen LogP contribution in [0.1, 0.15) is 17.1 Å². The minimum atomic E-state index is -0.502. The van der Waals surface area contributed by atoms with Crippen molar-refractivity contribution in [1.82, 2.24) is 24.7 Å². The van der Waals surface area contributed by atoms with Crippen molar-refractivity contribution in [3.8, 4) is 0 Å². The van der Waals surface area contributed by atoms with E-state index in [1.807, 2.05) is 0 Å². The average molecular weight is 414 g/mol. The first-order chi connectivity index (χ1) is 14.0. The SMILES string of the molecule is C=CCn1c(=O)[nH]c(C)c(Cc2nnc(SCC(=O)Nc3cccnc3)o2)c1=O. The molecule has 0 aliphatic rings. The monoisotopic (exact) mass is 414 g/mol. The summed E-state index contributed by atoms with van der Waals surface area (Å²) in [6.07, 6.45) is 4.68. The number of anilines is 1. The van der Waals surface area contributed by atoms with Crippen molar-refractivity contribution in [2.75, 3.05) is 11.1 Å². The lowest BCUT2D eigenvalue weighted by atomic mass is 10.1. The number of aromatic amines is 1. The van der Waals surface area contributed by atoms with E-state index in [9.17, 15) is 14.4 Å². The summed E-state index contributed by atoms with van der Waals surface area (Å²) in [5.74, 6) is 0.0319. The second kappa shape index (κ2) is 9.15. The fourth-order valence-electron chi connectivity index (χ4n) is 2.50. The van der Waals surface area contributed by atoms with Gasteiger partial charge in [-0.15, -0.1) is 16.8 Å². The molecule has 0 spiro atoms. The van der Waals surface area contributed by atoms with Gasteiger partial charge in [-0.2, -0.15) is 0 Å². The van der Waals surface area contributed by atoms with Gasteiger partial charge >= 0.3 is 5.69 Å². The highest BCUT2D eigenvalue weighted by molar-refractivity contribution is 7.99. The zero-order valence-corrected chi connectivity index (χ0v) is 16.4. The molecule has 29 heavy (non-hydrogen) atoms. The van der Waals surface area contributed by atoms with Gasteiger partial charge in [-0.3, -0.25) is 19.1 Å². The number of rotatable bonds is 8. The van der Waals surface area contributed by atoms with Crippen LogP contribution < -0.4 is 16.6 Å². The average Bonchev–Trinajstić information content (AvgIpc) is 3.15. The largest absolute Gasteiger partial charge is 0.416 e. The van der Waals surface area contributed by atoms with Crippen LogP contribution in [0.25, 0.3) is 0 Å². The molecule has 0 atom stereocenters. The summed E-state index contributed by atoms with van der Waals surface area (Å²) >= 11 is 1.07. The highest BCUT2D eigenvalue weighted by Crippen LogP contribution is 2.18. The molecule has 3 heterocycles. The van der Waals surface area contributed by atoms with Crippen molar-refractivity contribution in [2.45, 2.75) is 25.1 Å². The van der Waals surface area contributed by atoms with Crippen LogP contribution in [0.15, 0.2) is 56.4 Å². The molecule has 2 N–H and O–H groups in total. The Labute approximate surface area is 169 Å². The number of hydrogen-bond donors (Lipinski definition) is 2. The summed E-state index contributed by atoms with van der Waals surface area (Å²) in [7, 11) is 0. The number of allylic oxidation sites excluding steroid dienone is 1. The standard InChI is InChI=1S/C18H18N6O4S/c1-3-7-24-16(26)13(11(2)20-17(24)27)8-15-22-23-18(28-15)29-10-14(25)21-12-5-4-6-19-9-12/h3-6,9H,1,7-8,10H2,2H3,(H,20,27)(H,21,25). The number of nitrogens with one attached hydrogen (secondary N) is 2. The lowest BCUT2D eigenvalue weighted by molar-refractivity contribution is -0.113. The first kappa shape index (κ1) is 20.3. The summed E-state index contributed by atoms with van der Waals surface area (Å²) in [6.45, 7) is 5.27. The minimum absolute atomic E-state index is 0.0635. The van der Waals surface area contributed by atoms with Crippen molar-refractivity contribution in [3.05, 3.63) is 75.2 Å². The second-order valence-electron chi connectivity index (χ2n) is 5.96. The first-order valence-corrected chi connectivity index (χ1v) is 9.55. The van der Waals surface area contributed by atoms with Crippen LogP contribution in [0, 0.1) is 6.92 Å². The van der Waals surface area contributed by atoms with Gasteiger partial charge in [0.1, 0.15) is 0 Å². The number of aryl methyl sites for hydroxylation is 1. The summed E-state index contributed by atoms with van der Waals surface area (Å²) in [5, 5.41) is 10.7. The third-order valence-corrected chi connectivity index (χ3v) is 4.67. The number of hydrogen-bond acceptors (Lipinski definition) is 8. The Morgan fingerprint density at radius 1 is 1.41 bits per heavy atom. The van der Waals surface area contributed by atoms with Crippen molar-refractivity contribution >= 4 is 23.4 Å². The Morgan fingerprint density at radius 3 is 2.97 bits per heavy atom. The molecule has 0 bridgehead atoms. The van der Waals surface area contributed by atoms with Gasteiger partial charge in [0, 0.05) is 24.0 Å². The lowest BCUT2D eigenvalue weighted by Crippen LogP contribution is -2.37. The maximum absolute atomic E-state index is 12.5. The molecule has 3 aromatic rings. The number of thioether (sulfide) groups is 1. The molecule has 0 unspecified atom stereocenters. The number of pyridine rings is 1. The molecule has 3 rings (SSSR count). The summed E-state index contributed by atoms with van der Waals surface area (Å²) in [4.78, 5) is 43.0. The van der Waals surface area contributed by atoms with Gasteiger partial charge in [0.05, 0.1) is 24.1 Å². The Balaban J connectivity index is 1.66. The summed E-state index contributed by atoms with van der Waals surface area (Å²) in [6, 6.07) is 3.45. The molecule has 0 saturated carbocycles. The number of H-pyrrole nitrogens is 1. The van der Waals surface area contributed by atoms with Gasteiger partial charge in [0.15, 0.2) is 0 Å². The van der Waals surface area contributed by atoms with E-state index in [0.29, 0.717) is 16.9 Å². The van der Waals surface area contributed by atoms with Crippen LogP contribution in [-0.4, -0.2) is 36.4 Å². The molecule has 150 valence electrons. The number of nitrogens with zero attached hydrogens (tertiary/aromatic N) is 4. The third-order valence-electron chi connectivity index (χ3n) is 3.86. The molecule has 0 aliphatic heterocycles. The summed E-state index contributed by atoms with van der Waals surface area (Å²) < 4.78 is 6.56. The van der Waals surface area contributed by atoms with E-state index in [-0.39, 0.29) is 35.7 Å². The topological polar surface area (TPSA) is 136 Å². The van der Waals surface area contributed by atoms with Crippen molar-refractivity contribution < 1.29 is 9.21 Å². The predicted molar refractivity (Wildman–Crippen MR) is 107 cm³/mol. The van der Waals surface area contributed by atoms with Crippen molar-refractivity contribution in [1.29, 1.82) is 0 Å². The fraction of sp³-hybridized carbons (Fsp3) is 0.222. The van der Waals surface area contributed by atoms with E-state index in [1.54, 1.807) is 31.5 Å². The molecule has 10 nitrogen and oxygen atoms in total. The van der Waals surface area contributed by atoms with E-state index < -0.39 is 11.2 Å². The molecular formula is C18H18N6O4S. The fourth-order valence-corrected chi connectivity index (χ4v) is 3.08. The van der Waals surface area contributed by atoms with Crippen LogP contribution in [0.5, 0.6) is 0 Å². The maximum Gasteiger partial charge on any atom is 0.328 e. The smallest absolute Gasteiger partial charge is 0.328 e. The zero-order valence-electron chi connectivity index (χ0n) is 15.5. The van der Waals surface area contributed by atoms with Crippen LogP contribution in [0.2, 0.25) is 0 Å². The van der Waals surface area contributed by atoms with Crippen LogP contribution in [-0.2, 0) is 17.8 Å². The van der Waals surface area contributed by atoms with Gasteiger partial charge in [-0.05, 0) is 19.1 Å². The molecular weight excluding hydrogens is 396 g/mol. The van der Waals surface area contributed by atoms with Gasteiger partial charge in [0.25, 0.3) is 10.8 Å². The lowest BCUT2D eigenvalue weighted by Gasteiger charge is -2.06. The van der Waals surface area contributed by atoms with Gasteiger partial charge in [-0.1, -0.05) is 17.8 Å². The Kier molecular flexibility index (Phi) is 6.39. The van der Waals surface area contributed by atoms with Gasteiger partial charge < -0.3 is 14.7 Å². The molecule has 11 heteroatoms. The van der Waals surface area contributed by atoms with Crippen molar-refractivity contribution in [2.24, 2.45) is 0 Å². The highest BCUT2D eigenvalue weighted by Gasteiger charge is 2.16. The zero-order chi connectivity index (χ0) is 20.8. The van der Waals surface area contributed by atoms with Gasteiger partial charge in [0.2, 0.25) is 11.8 Å². The predicted octanol–water partition coefficient (Wildman–Crippen LogP) is 1.13. The van der Waals surface area contributed by atoms with Crippen LogP contribution in [0.3, 0.4) is 0 Å². The Bertz CT molecular complexity index is 1140. The van der Waals surface area contributed by atoms with Crippen LogP contribution in [0.4, 0.5) is 5.69 Å². The van der Waals surface area contributed by atoms with Crippen LogP contribution >= 0.6 is 11.8 Å². The molecule has 0 saturated heterocycles. The molecule has 0 fully saturated rings. The quantitative estimate of drug-likeness (QED) is 0.414. The number of carbonyl (C=O) groups excluding carboxylic acids is 1. The van der Waals surface area contributed by atoms with E-state index in [4.69, 9.17) is 4.42 Å². The summed E-state index contributed by atoms with van der Waals surface area (Å²) in [5.41, 5.74) is 0.435. The Morgan fingerprint density at radius 2 is 2.24 bits per heavy atom. The van der Waals surface area contributed by atoms with E-state index in [1.165, 1.54) is 6.08 Å². The number of amides is 1. The molecule has 3 aromatic heterocycles. The van der Waals surface area contributed by atoms with E-state index in [2.05, 4.69) is 32.1 Å². The van der Waals surface area contributed by atoms with E-state index in [0.717, 1.165) is 16.3 Å². The number of carbonyl (C=O) groups is 1. The van der Waals surface area contributed by atoms with Crippen molar-refractivity contribution in [3.63, 3.8) is 0 Å². The second-order valence-corrected chi connectivity index (χ2v) is 6.88. The Hall–Kier alpha value is -3.47.